The fraction of sp³-hybridized carbons (Fsp3) is 0.350. The summed E-state index contributed by atoms with van der Waals surface area (Å²) in [5.74, 6) is 0.876. The predicted octanol–water partition coefficient (Wildman–Crippen LogP) is 4.19. The van der Waals surface area contributed by atoms with Gasteiger partial charge in [-0.05, 0) is 62.1 Å². The van der Waals surface area contributed by atoms with Crippen LogP contribution in [-0.4, -0.2) is 20.4 Å². The summed E-state index contributed by atoms with van der Waals surface area (Å²) in [5.41, 5.74) is 3.67. The number of nitrogens with zero attached hydrogens (tertiary/aromatic N) is 3. The molecule has 0 aliphatic carbocycles. The van der Waals surface area contributed by atoms with E-state index in [-0.39, 0.29) is 17.3 Å². The molecule has 26 heavy (non-hydrogen) atoms. The molecule has 0 unspecified atom stereocenters. The SMILES string of the molecule is CC(=O)Nc1cc(-c2cc(F)c3nc4n(c3c2)C(C)(C)CC4)c(C)cn1. The highest BCUT2D eigenvalue weighted by atomic mass is 19.1. The molecule has 3 aromatic rings. The van der Waals surface area contributed by atoms with Gasteiger partial charge in [0.25, 0.3) is 0 Å². The predicted molar refractivity (Wildman–Crippen MR) is 99.6 cm³/mol. The first-order valence-electron chi connectivity index (χ1n) is 8.72. The molecule has 0 saturated carbocycles. The Balaban J connectivity index is 1.92. The van der Waals surface area contributed by atoms with Crippen LogP contribution in [0.1, 0.15) is 38.6 Å². The molecule has 5 nitrogen and oxygen atoms in total. The van der Waals surface area contributed by atoms with Gasteiger partial charge in [-0.2, -0.15) is 0 Å². The number of hydrogen-bond acceptors (Lipinski definition) is 3. The largest absolute Gasteiger partial charge is 0.322 e. The lowest BCUT2D eigenvalue weighted by Crippen LogP contribution is -2.21. The molecule has 1 aliphatic heterocycles. The van der Waals surface area contributed by atoms with Gasteiger partial charge in [-0.25, -0.2) is 14.4 Å². The van der Waals surface area contributed by atoms with Gasteiger partial charge in [-0.1, -0.05) is 0 Å². The quantitative estimate of drug-likeness (QED) is 0.752. The van der Waals surface area contributed by atoms with Gasteiger partial charge < -0.3 is 9.88 Å². The molecule has 3 heterocycles. The molecule has 0 radical (unpaired) electrons. The monoisotopic (exact) mass is 352 g/mol. The normalized spacial score (nSPS) is 15.3. The van der Waals surface area contributed by atoms with E-state index in [0.717, 1.165) is 40.9 Å². The van der Waals surface area contributed by atoms with Crippen molar-refractivity contribution in [1.29, 1.82) is 0 Å². The number of halogens is 1. The van der Waals surface area contributed by atoms with Crippen LogP contribution in [0.2, 0.25) is 0 Å². The summed E-state index contributed by atoms with van der Waals surface area (Å²) in [6.45, 7) is 7.67. The van der Waals surface area contributed by atoms with Gasteiger partial charge in [0.15, 0.2) is 5.82 Å². The lowest BCUT2D eigenvalue weighted by molar-refractivity contribution is -0.114. The molecule has 1 aromatic carbocycles. The third-order valence-electron chi connectivity index (χ3n) is 5.07. The molecule has 4 rings (SSSR count). The number of imidazole rings is 1. The minimum absolute atomic E-state index is 0.0796. The van der Waals surface area contributed by atoms with Gasteiger partial charge in [0, 0.05) is 25.1 Å². The van der Waals surface area contributed by atoms with Crippen LogP contribution in [0, 0.1) is 12.7 Å². The Morgan fingerprint density at radius 2 is 2.08 bits per heavy atom. The number of rotatable bonds is 2. The van der Waals surface area contributed by atoms with Crippen LogP contribution in [0.25, 0.3) is 22.2 Å². The van der Waals surface area contributed by atoms with Crippen LogP contribution in [-0.2, 0) is 16.8 Å². The number of aryl methyl sites for hydroxylation is 2. The van der Waals surface area contributed by atoms with Crippen LogP contribution in [0.3, 0.4) is 0 Å². The van der Waals surface area contributed by atoms with Gasteiger partial charge >= 0.3 is 0 Å². The number of anilines is 1. The van der Waals surface area contributed by atoms with Crippen molar-refractivity contribution in [2.45, 2.75) is 46.1 Å². The highest BCUT2D eigenvalue weighted by molar-refractivity contribution is 5.89. The maximum atomic E-state index is 14.8. The van der Waals surface area contributed by atoms with Crippen molar-refractivity contribution in [3.8, 4) is 11.1 Å². The van der Waals surface area contributed by atoms with E-state index < -0.39 is 0 Å². The van der Waals surface area contributed by atoms with Crippen LogP contribution < -0.4 is 5.32 Å². The van der Waals surface area contributed by atoms with Crippen LogP contribution in [0.5, 0.6) is 0 Å². The Labute approximate surface area is 151 Å². The standard InChI is InChI=1S/C20H21FN4O/c1-11-10-22-17(23-12(2)26)9-14(11)13-7-15(21)19-16(8-13)25-18(24-19)5-6-20(25,3)4/h7-10H,5-6H2,1-4H3,(H,22,23,26). The van der Waals surface area contributed by atoms with Crippen molar-refractivity contribution >= 4 is 22.8 Å². The van der Waals surface area contributed by atoms with E-state index in [2.05, 4.69) is 33.7 Å². The minimum Gasteiger partial charge on any atom is -0.322 e. The fourth-order valence-corrected chi connectivity index (χ4v) is 3.80. The van der Waals surface area contributed by atoms with Gasteiger partial charge in [-0.3, -0.25) is 4.79 Å². The molecule has 0 fully saturated rings. The van der Waals surface area contributed by atoms with Gasteiger partial charge in [0.05, 0.1) is 5.52 Å². The second kappa shape index (κ2) is 5.62. The van der Waals surface area contributed by atoms with Gasteiger partial charge in [-0.15, -0.1) is 0 Å². The third kappa shape index (κ3) is 2.57. The van der Waals surface area contributed by atoms with Gasteiger partial charge in [0.2, 0.25) is 5.91 Å². The molecule has 0 spiro atoms. The first-order chi connectivity index (χ1) is 12.3. The number of benzene rings is 1. The summed E-state index contributed by atoms with van der Waals surface area (Å²) in [6.07, 6.45) is 3.54. The summed E-state index contributed by atoms with van der Waals surface area (Å²) in [6, 6.07) is 5.28. The van der Waals surface area contributed by atoms with Crippen LogP contribution in [0.15, 0.2) is 24.4 Å². The molecule has 1 amide bonds. The average molecular weight is 352 g/mol. The van der Waals surface area contributed by atoms with E-state index in [1.165, 1.54) is 13.0 Å². The first-order valence-corrected chi connectivity index (χ1v) is 8.72. The molecule has 0 saturated heterocycles. The number of hydrogen-bond donors (Lipinski definition) is 1. The third-order valence-corrected chi connectivity index (χ3v) is 5.07. The Kier molecular flexibility index (Phi) is 3.61. The summed E-state index contributed by atoms with van der Waals surface area (Å²) >= 11 is 0. The smallest absolute Gasteiger partial charge is 0.222 e. The number of nitrogens with one attached hydrogen (secondary N) is 1. The van der Waals surface area contributed by atoms with Crippen molar-refractivity contribution in [2.24, 2.45) is 0 Å². The molecule has 0 atom stereocenters. The number of carbonyl (C=O) groups excluding carboxylic acids is 1. The zero-order valence-corrected chi connectivity index (χ0v) is 15.4. The van der Waals surface area contributed by atoms with Crippen molar-refractivity contribution in [3.05, 3.63) is 41.6 Å². The van der Waals surface area contributed by atoms with Crippen molar-refractivity contribution in [1.82, 2.24) is 14.5 Å². The molecule has 2 aromatic heterocycles. The average Bonchev–Trinajstić information content (AvgIpc) is 3.07. The topological polar surface area (TPSA) is 59.8 Å². The Hall–Kier alpha value is -2.76. The lowest BCUT2D eigenvalue weighted by atomic mass is 9.99. The molecular formula is C20H21FN4O. The number of pyridine rings is 1. The summed E-state index contributed by atoms with van der Waals surface area (Å²) in [5, 5.41) is 2.68. The van der Waals surface area contributed by atoms with E-state index in [1.54, 1.807) is 12.3 Å². The van der Waals surface area contributed by atoms with Crippen LogP contribution >= 0.6 is 0 Å². The Morgan fingerprint density at radius 1 is 1.31 bits per heavy atom. The zero-order valence-electron chi connectivity index (χ0n) is 15.4. The molecular weight excluding hydrogens is 331 g/mol. The lowest BCUT2D eigenvalue weighted by Gasteiger charge is -2.22. The highest BCUT2D eigenvalue weighted by Crippen LogP contribution is 2.38. The minimum atomic E-state index is -0.326. The summed E-state index contributed by atoms with van der Waals surface area (Å²) in [4.78, 5) is 20.1. The molecule has 0 bridgehead atoms. The summed E-state index contributed by atoms with van der Waals surface area (Å²) < 4.78 is 17.0. The molecule has 6 heteroatoms. The first kappa shape index (κ1) is 16.7. The summed E-state index contributed by atoms with van der Waals surface area (Å²) in [7, 11) is 0. The Morgan fingerprint density at radius 3 is 2.81 bits per heavy atom. The highest BCUT2D eigenvalue weighted by Gasteiger charge is 2.33. The van der Waals surface area contributed by atoms with Crippen LogP contribution in [0.4, 0.5) is 10.2 Å². The molecule has 134 valence electrons. The zero-order chi connectivity index (χ0) is 18.6. The molecule has 1 N–H and O–H groups in total. The number of carbonyl (C=O) groups is 1. The van der Waals surface area contributed by atoms with E-state index in [0.29, 0.717) is 11.3 Å². The van der Waals surface area contributed by atoms with E-state index in [1.807, 2.05) is 13.0 Å². The van der Waals surface area contributed by atoms with Crippen molar-refractivity contribution in [2.75, 3.05) is 5.32 Å². The van der Waals surface area contributed by atoms with E-state index in [9.17, 15) is 9.18 Å². The fourth-order valence-electron chi connectivity index (χ4n) is 3.80. The second-order valence-corrected chi connectivity index (χ2v) is 7.57. The maximum absolute atomic E-state index is 14.8. The van der Waals surface area contributed by atoms with Crippen molar-refractivity contribution in [3.63, 3.8) is 0 Å². The second-order valence-electron chi connectivity index (χ2n) is 7.57. The van der Waals surface area contributed by atoms with Gasteiger partial charge in [0.1, 0.15) is 17.2 Å². The molecule has 1 aliphatic rings. The number of fused-ring (bicyclic) bond motifs is 3. The van der Waals surface area contributed by atoms with E-state index >= 15 is 0 Å². The number of aromatic nitrogens is 3. The maximum Gasteiger partial charge on any atom is 0.222 e. The van der Waals surface area contributed by atoms with Crippen molar-refractivity contribution < 1.29 is 9.18 Å². The Bertz CT molecular complexity index is 1050. The van der Waals surface area contributed by atoms with E-state index in [4.69, 9.17) is 0 Å². The number of amides is 1.